The number of benzene rings is 1. The molecule has 1 amide bonds. The van der Waals surface area contributed by atoms with Crippen molar-refractivity contribution in [2.75, 3.05) is 19.4 Å². The van der Waals surface area contributed by atoms with Gasteiger partial charge in [-0.1, -0.05) is 11.6 Å². The van der Waals surface area contributed by atoms with Crippen molar-refractivity contribution in [1.82, 2.24) is 5.32 Å². The normalized spacial score (nSPS) is 10.4. The van der Waals surface area contributed by atoms with E-state index < -0.39 is 30.3 Å². The van der Waals surface area contributed by atoms with Crippen LogP contribution >= 0.6 is 22.9 Å². The maximum Gasteiger partial charge on any atom is 0.341 e. The molecule has 1 aromatic carbocycles. The molecule has 3 N–H and O–H groups in total. The molecule has 1 aromatic heterocycles. The number of ether oxygens (including phenoxy) is 2. The molecule has 27 heavy (non-hydrogen) atoms. The van der Waals surface area contributed by atoms with Gasteiger partial charge in [0.25, 0.3) is 5.91 Å². The van der Waals surface area contributed by atoms with Gasteiger partial charge in [-0.25, -0.2) is 14.0 Å². The first-order valence-electron chi connectivity index (χ1n) is 7.72. The van der Waals surface area contributed by atoms with Crippen molar-refractivity contribution >= 4 is 45.8 Å². The number of esters is 2. The molecule has 0 spiro atoms. The lowest BCUT2D eigenvalue weighted by Crippen LogP contribution is -2.20. The molecule has 0 atom stereocenters. The number of hydrogen-bond donors (Lipinski definition) is 2. The topological polar surface area (TPSA) is 108 Å². The number of nitrogens with one attached hydrogen (secondary N) is 1. The summed E-state index contributed by atoms with van der Waals surface area (Å²) in [6.45, 7) is 1.24. The molecule has 0 fully saturated rings. The van der Waals surface area contributed by atoms with Gasteiger partial charge in [0.2, 0.25) is 0 Å². The highest BCUT2D eigenvalue weighted by atomic mass is 35.5. The Morgan fingerprint density at radius 2 is 1.96 bits per heavy atom. The van der Waals surface area contributed by atoms with E-state index in [0.29, 0.717) is 0 Å². The van der Waals surface area contributed by atoms with Crippen LogP contribution in [-0.2, 0) is 16.1 Å². The fourth-order valence-electron chi connectivity index (χ4n) is 2.22. The van der Waals surface area contributed by atoms with E-state index in [1.807, 2.05) is 0 Å². The Balaban J connectivity index is 2.34. The third-order valence-corrected chi connectivity index (χ3v) is 4.74. The average molecular weight is 415 g/mol. The van der Waals surface area contributed by atoms with Crippen LogP contribution in [0.25, 0.3) is 0 Å². The Morgan fingerprint density at radius 3 is 2.56 bits per heavy atom. The van der Waals surface area contributed by atoms with Crippen LogP contribution in [0.4, 0.5) is 9.39 Å². The predicted octanol–water partition coefficient (Wildman–Crippen LogP) is 3.02. The molecular weight excluding hydrogens is 399 g/mol. The van der Waals surface area contributed by atoms with Crippen LogP contribution < -0.4 is 11.1 Å². The molecule has 0 radical (unpaired) electrons. The van der Waals surface area contributed by atoms with Crippen molar-refractivity contribution in [2.45, 2.75) is 13.5 Å². The summed E-state index contributed by atoms with van der Waals surface area (Å²) >= 11 is 6.52. The van der Waals surface area contributed by atoms with Gasteiger partial charge in [-0.15, -0.1) is 11.3 Å². The highest BCUT2D eigenvalue weighted by Gasteiger charge is 2.27. The number of rotatable bonds is 6. The van der Waals surface area contributed by atoms with Crippen LogP contribution in [0.15, 0.2) is 18.2 Å². The third-order valence-electron chi connectivity index (χ3n) is 3.45. The summed E-state index contributed by atoms with van der Waals surface area (Å²) < 4.78 is 23.9. The fourth-order valence-corrected chi connectivity index (χ4v) is 3.38. The quantitative estimate of drug-likeness (QED) is 0.703. The van der Waals surface area contributed by atoms with Crippen molar-refractivity contribution in [2.24, 2.45) is 0 Å². The molecule has 0 saturated heterocycles. The molecule has 0 unspecified atom stereocenters. The van der Waals surface area contributed by atoms with E-state index in [9.17, 15) is 18.8 Å². The van der Waals surface area contributed by atoms with Crippen LogP contribution in [0.5, 0.6) is 0 Å². The lowest BCUT2D eigenvalue weighted by Gasteiger charge is -2.09. The number of amides is 1. The minimum atomic E-state index is -0.980. The number of halogens is 2. The standard InChI is InChI=1S/C17H16ClFN2O5S/c1-3-25-17(24)12-10(13(15(22)21-2)27-14(12)20)7-26-16(23)9-5-4-8(18)6-11(9)19/h4-6H,3,7,20H2,1-2H3,(H,21,22). The summed E-state index contributed by atoms with van der Waals surface area (Å²) in [4.78, 5) is 36.5. The van der Waals surface area contributed by atoms with E-state index in [1.54, 1.807) is 6.92 Å². The first-order valence-corrected chi connectivity index (χ1v) is 8.92. The van der Waals surface area contributed by atoms with E-state index in [2.05, 4.69) is 5.32 Å². The molecule has 2 aromatic rings. The zero-order valence-electron chi connectivity index (χ0n) is 14.4. The van der Waals surface area contributed by atoms with Crippen LogP contribution in [0.2, 0.25) is 5.02 Å². The Morgan fingerprint density at radius 1 is 1.26 bits per heavy atom. The van der Waals surface area contributed by atoms with Gasteiger partial charge in [0.1, 0.15) is 27.9 Å². The Hall–Kier alpha value is -2.65. The van der Waals surface area contributed by atoms with Crippen molar-refractivity contribution in [1.29, 1.82) is 0 Å². The number of carbonyl (C=O) groups excluding carboxylic acids is 3. The SMILES string of the molecule is CCOC(=O)c1c(N)sc(C(=O)NC)c1COC(=O)c1ccc(Cl)cc1F. The zero-order valence-corrected chi connectivity index (χ0v) is 16.0. The van der Waals surface area contributed by atoms with Gasteiger partial charge >= 0.3 is 11.9 Å². The van der Waals surface area contributed by atoms with Gasteiger partial charge < -0.3 is 20.5 Å². The summed E-state index contributed by atoms with van der Waals surface area (Å²) in [5.41, 5.74) is 5.56. The summed E-state index contributed by atoms with van der Waals surface area (Å²) in [7, 11) is 1.40. The molecule has 0 aliphatic carbocycles. The fraction of sp³-hybridized carbons (Fsp3) is 0.235. The lowest BCUT2D eigenvalue weighted by atomic mass is 10.1. The number of anilines is 1. The maximum atomic E-state index is 13.9. The molecule has 1 heterocycles. The zero-order chi connectivity index (χ0) is 20.1. The van der Waals surface area contributed by atoms with Gasteiger partial charge in [0.15, 0.2) is 0 Å². The molecule has 0 saturated carbocycles. The molecule has 10 heteroatoms. The number of hydrogen-bond acceptors (Lipinski definition) is 7. The van der Waals surface area contributed by atoms with Gasteiger partial charge in [0, 0.05) is 17.6 Å². The predicted molar refractivity (Wildman–Crippen MR) is 98.6 cm³/mol. The summed E-state index contributed by atoms with van der Waals surface area (Å²) in [5, 5.41) is 2.59. The number of nitrogens with two attached hydrogens (primary N) is 1. The molecule has 0 aliphatic rings. The van der Waals surface area contributed by atoms with Crippen LogP contribution in [-0.4, -0.2) is 31.5 Å². The number of thiophene rings is 1. The van der Waals surface area contributed by atoms with Crippen LogP contribution in [0.1, 0.15) is 42.9 Å². The largest absolute Gasteiger partial charge is 0.462 e. The van der Waals surface area contributed by atoms with E-state index in [4.69, 9.17) is 26.8 Å². The first kappa shape index (κ1) is 20.7. The van der Waals surface area contributed by atoms with Gasteiger partial charge in [-0.2, -0.15) is 0 Å². The van der Waals surface area contributed by atoms with Gasteiger partial charge in [-0.05, 0) is 25.1 Å². The van der Waals surface area contributed by atoms with E-state index >= 15 is 0 Å². The van der Waals surface area contributed by atoms with Gasteiger partial charge in [0.05, 0.1) is 12.2 Å². The highest BCUT2D eigenvalue weighted by molar-refractivity contribution is 7.18. The molecule has 7 nitrogen and oxygen atoms in total. The third kappa shape index (κ3) is 4.55. The van der Waals surface area contributed by atoms with E-state index in [0.717, 1.165) is 17.4 Å². The molecule has 0 bridgehead atoms. The van der Waals surface area contributed by atoms with Crippen molar-refractivity contribution in [3.63, 3.8) is 0 Å². The Bertz CT molecular complexity index is 900. The molecule has 144 valence electrons. The number of nitrogen functional groups attached to an aromatic ring is 1. The monoisotopic (exact) mass is 414 g/mol. The Labute approximate surface area is 163 Å². The van der Waals surface area contributed by atoms with Crippen LogP contribution in [0, 0.1) is 5.82 Å². The summed E-state index contributed by atoms with van der Waals surface area (Å²) in [6, 6.07) is 3.48. The maximum absolute atomic E-state index is 13.9. The molecular formula is C17H16ClFN2O5S. The smallest absolute Gasteiger partial charge is 0.341 e. The average Bonchev–Trinajstić information content (AvgIpc) is 2.95. The van der Waals surface area contributed by atoms with Gasteiger partial charge in [-0.3, -0.25) is 4.79 Å². The van der Waals surface area contributed by atoms with Crippen molar-refractivity contribution in [3.8, 4) is 0 Å². The molecule has 0 aliphatic heterocycles. The molecule has 2 rings (SSSR count). The second-order valence-electron chi connectivity index (χ2n) is 5.15. The first-order chi connectivity index (χ1) is 12.8. The van der Waals surface area contributed by atoms with Crippen molar-refractivity contribution < 1.29 is 28.2 Å². The lowest BCUT2D eigenvalue weighted by molar-refractivity contribution is 0.0445. The highest BCUT2D eigenvalue weighted by Crippen LogP contribution is 2.32. The minimum absolute atomic E-state index is 0.0511. The van der Waals surface area contributed by atoms with E-state index in [1.165, 1.54) is 19.2 Å². The minimum Gasteiger partial charge on any atom is -0.462 e. The second-order valence-corrected chi connectivity index (χ2v) is 6.64. The summed E-state index contributed by atoms with van der Waals surface area (Å²) in [6.07, 6.45) is 0. The van der Waals surface area contributed by atoms with E-state index in [-0.39, 0.29) is 38.2 Å². The number of carbonyl (C=O) groups is 3. The Kier molecular flexibility index (Phi) is 6.75. The van der Waals surface area contributed by atoms with Crippen LogP contribution in [0.3, 0.4) is 0 Å². The van der Waals surface area contributed by atoms with Crippen molar-refractivity contribution in [3.05, 3.63) is 50.6 Å². The second kappa shape index (κ2) is 8.83. The summed E-state index contributed by atoms with van der Waals surface area (Å²) in [5.74, 6) is -3.09.